The lowest BCUT2D eigenvalue weighted by Crippen LogP contribution is -2.23. The van der Waals surface area contributed by atoms with Crippen LogP contribution >= 0.6 is 11.6 Å². The molecule has 0 saturated heterocycles. The Labute approximate surface area is 127 Å². The summed E-state index contributed by atoms with van der Waals surface area (Å²) in [5.74, 6) is -2.72. The Kier molecular flexibility index (Phi) is 5.15. The van der Waals surface area contributed by atoms with E-state index in [0.717, 1.165) is 0 Å². The molecule has 2 N–H and O–H groups in total. The third kappa shape index (κ3) is 3.93. The molecule has 21 heavy (non-hydrogen) atoms. The van der Waals surface area contributed by atoms with Gasteiger partial charge in [0.2, 0.25) is 0 Å². The maximum atomic E-state index is 14.1. The van der Waals surface area contributed by atoms with E-state index in [2.05, 4.69) is 0 Å². The zero-order chi connectivity index (χ0) is 15.3. The van der Waals surface area contributed by atoms with Crippen molar-refractivity contribution in [2.75, 3.05) is 13.2 Å². The average molecular weight is 312 g/mol. The third-order valence-electron chi connectivity index (χ3n) is 3.08. The van der Waals surface area contributed by atoms with Crippen LogP contribution in [-0.2, 0) is 12.3 Å². The van der Waals surface area contributed by atoms with Crippen LogP contribution in [0.3, 0.4) is 0 Å². The van der Waals surface area contributed by atoms with E-state index in [-0.39, 0.29) is 5.56 Å². The van der Waals surface area contributed by atoms with Crippen LogP contribution in [0.1, 0.15) is 11.1 Å². The van der Waals surface area contributed by atoms with E-state index in [1.165, 1.54) is 12.1 Å². The lowest BCUT2D eigenvalue weighted by atomic mass is 10.1. The van der Waals surface area contributed by atoms with Gasteiger partial charge in [0.05, 0.1) is 0 Å². The molecule has 0 radical (unpaired) electrons. The molecule has 0 aliphatic carbocycles. The summed E-state index contributed by atoms with van der Waals surface area (Å²) >= 11 is 6.05. The van der Waals surface area contributed by atoms with Gasteiger partial charge in [-0.1, -0.05) is 48.0 Å². The van der Waals surface area contributed by atoms with Crippen LogP contribution in [0.4, 0.5) is 8.78 Å². The summed E-state index contributed by atoms with van der Waals surface area (Å²) in [6.45, 7) is -0.371. The summed E-state index contributed by atoms with van der Waals surface area (Å²) in [5.41, 5.74) is 6.09. The second kappa shape index (κ2) is 6.87. The Morgan fingerprint density at radius 1 is 1.05 bits per heavy atom. The number of halogens is 3. The van der Waals surface area contributed by atoms with Crippen LogP contribution < -0.4 is 10.5 Å². The van der Waals surface area contributed by atoms with Crippen molar-refractivity contribution in [2.24, 2.45) is 5.73 Å². The zero-order valence-electron chi connectivity index (χ0n) is 11.4. The van der Waals surface area contributed by atoms with Crippen LogP contribution in [0.15, 0.2) is 48.5 Å². The molecule has 0 spiro atoms. The molecule has 112 valence electrons. The molecule has 0 fully saturated rings. The summed E-state index contributed by atoms with van der Waals surface area (Å²) in [7, 11) is 0. The first-order valence-electron chi connectivity index (χ1n) is 6.58. The lowest BCUT2D eigenvalue weighted by molar-refractivity contribution is -0.0469. The normalized spacial score (nSPS) is 11.4. The average Bonchev–Trinajstić information content (AvgIpc) is 2.49. The topological polar surface area (TPSA) is 35.2 Å². The molecular weight excluding hydrogens is 296 g/mol. The van der Waals surface area contributed by atoms with Gasteiger partial charge in [0.15, 0.2) is 6.61 Å². The molecule has 0 atom stereocenters. The predicted molar refractivity (Wildman–Crippen MR) is 80.0 cm³/mol. The predicted octanol–water partition coefficient (Wildman–Crippen LogP) is 4.01. The van der Waals surface area contributed by atoms with Crippen LogP contribution in [0, 0.1) is 0 Å². The van der Waals surface area contributed by atoms with Gasteiger partial charge in [-0.2, -0.15) is 8.78 Å². The fourth-order valence-corrected chi connectivity index (χ4v) is 2.26. The fraction of sp³-hybridized carbons (Fsp3) is 0.250. The van der Waals surface area contributed by atoms with Gasteiger partial charge in [0.1, 0.15) is 5.75 Å². The van der Waals surface area contributed by atoms with E-state index in [4.69, 9.17) is 22.1 Å². The largest absolute Gasteiger partial charge is 0.487 e. The first-order chi connectivity index (χ1) is 10.0. The summed E-state index contributed by atoms with van der Waals surface area (Å²) in [5, 5.41) is 0.473. The molecular formula is C16H16ClF2NO. The van der Waals surface area contributed by atoms with Gasteiger partial charge in [0.25, 0.3) is 0 Å². The van der Waals surface area contributed by atoms with Crippen LogP contribution in [0.25, 0.3) is 0 Å². The quantitative estimate of drug-likeness (QED) is 0.874. The maximum Gasteiger partial charge on any atom is 0.306 e. The summed E-state index contributed by atoms with van der Waals surface area (Å²) in [4.78, 5) is 0. The van der Waals surface area contributed by atoms with Crippen molar-refractivity contribution in [2.45, 2.75) is 12.3 Å². The van der Waals surface area contributed by atoms with E-state index >= 15 is 0 Å². The molecule has 2 rings (SSSR count). The van der Waals surface area contributed by atoms with Crippen LogP contribution in [-0.4, -0.2) is 13.2 Å². The van der Waals surface area contributed by atoms with Gasteiger partial charge in [-0.3, -0.25) is 0 Å². The molecule has 2 aromatic carbocycles. The van der Waals surface area contributed by atoms with Crippen LogP contribution in [0.5, 0.6) is 5.75 Å². The Morgan fingerprint density at radius 2 is 1.76 bits per heavy atom. The highest BCUT2D eigenvalue weighted by molar-refractivity contribution is 6.31. The van der Waals surface area contributed by atoms with E-state index in [1.807, 2.05) is 0 Å². The highest BCUT2D eigenvalue weighted by Crippen LogP contribution is 2.31. The van der Waals surface area contributed by atoms with Crippen molar-refractivity contribution in [3.05, 3.63) is 64.7 Å². The number of alkyl halides is 2. The number of rotatable bonds is 6. The van der Waals surface area contributed by atoms with Gasteiger partial charge in [-0.15, -0.1) is 0 Å². The Balaban J connectivity index is 2.14. The van der Waals surface area contributed by atoms with E-state index < -0.39 is 12.5 Å². The van der Waals surface area contributed by atoms with Crippen molar-refractivity contribution in [1.82, 2.24) is 0 Å². The Morgan fingerprint density at radius 3 is 2.43 bits per heavy atom. The van der Waals surface area contributed by atoms with E-state index in [0.29, 0.717) is 29.3 Å². The molecule has 0 saturated carbocycles. The number of hydrogen-bond acceptors (Lipinski definition) is 2. The van der Waals surface area contributed by atoms with Gasteiger partial charge in [0, 0.05) is 16.1 Å². The minimum absolute atomic E-state index is 0.0765. The molecule has 0 aromatic heterocycles. The van der Waals surface area contributed by atoms with Crippen molar-refractivity contribution < 1.29 is 13.5 Å². The third-order valence-corrected chi connectivity index (χ3v) is 3.43. The molecule has 0 aliphatic rings. The number of hydrogen-bond donors (Lipinski definition) is 1. The second-order valence-electron chi connectivity index (χ2n) is 4.61. The SMILES string of the molecule is NCCc1c(Cl)cccc1OCC(F)(F)c1ccccc1. The fourth-order valence-electron chi connectivity index (χ4n) is 1.99. The minimum atomic E-state index is -3.07. The monoisotopic (exact) mass is 311 g/mol. The van der Waals surface area contributed by atoms with Gasteiger partial charge < -0.3 is 10.5 Å². The van der Waals surface area contributed by atoms with Crippen molar-refractivity contribution >= 4 is 11.6 Å². The zero-order valence-corrected chi connectivity index (χ0v) is 12.1. The van der Waals surface area contributed by atoms with Crippen molar-refractivity contribution in [3.8, 4) is 5.75 Å². The van der Waals surface area contributed by atoms with Gasteiger partial charge in [-0.05, 0) is 25.1 Å². The molecule has 0 heterocycles. The smallest absolute Gasteiger partial charge is 0.306 e. The molecule has 0 aliphatic heterocycles. The maximum absolute atomic E-state index is 14.1. The van der Waals surface area contributed by atoms with Crippen LogP contribution in [0.2, 0.25) is 5.02 Å². The second-order valence-corrected chi connectivity index (χ2v) is 5.02. The summed E-state index contributed by atoms with van der Waals surface area (Å²) < 4.78 is 33.5. The Hall–Kier alpha value is -1.65. The molecule has 0 unspecified atom stereocenters. The number of ether oxygens (including phenoxy) is 1. The minimum Gasteiger partial charge on any atom is -0.487 e. The van der Waals surface area contributed by atoms with E-state index in [1.54, 1.807) is 36.4 Å². The van der Waals surface area contributed by atoms with Crippen molar-refractivity contribution in [3.63, 3.8) is 0 Å². The molecule has 0 bridgehead atoms. The highest BCUT2D eigenvalue weighted by atomic mass is 35.5. The number of nitrogens with two attached hydrogens (primary N) is 1. The molecule has 2 nitrogen and oxygen atoms in total. The first-order valence-corrected chi connectivity index (χ1v) is 6.96. The number of benzene rings is 2. The molecule has 0 amide bonds. The molecule has 2 aromatic rings. The standard InChI is InChI=1S/C16H16ClF2NO/c17-14-7-4-8-15(13(14)9-10-20)21-11-16(18,19)12-5-2-1-3-6-12/h1-8H,9-11,20H2. The highest BCUT2D eigenvalue weighted by Gasteiger charge is 2.32. The molecule has 5 heteroatoms. The summed E-state index contributed by atoms with van der Waals surface area (Å²) in [6.07, 6.45) is 0.478. The van der Waals surface area contributed by atoms with Gasteiger partial charge >= 0.3 is 5.92 Å². The first kappa shape index (κ1) is 15.7. The van der Waals surface area contributed by atoms with Crippen molar-refractivity contribution in [1.29, 1.82) is 0 Å². The Bertz CT molecular complexity index is 590. The van der Waals surface area contributed by atoms with Gasteiger partial charge in [-0.25, -0.2) is 0 Å². The summed E-state index contributed by atoms with van der Waals surface area (Å²) in [6, 6.07) is 12.6. The lowest BCUT2D eigenvalue weighted by Gasteiger charge is -2.19. The van der Waals surface area contributed by atoms with E-state index in [9.17, 15) is 8.78 Å².